The van der Waals surface area contributed by atoms with E-state index in [4.69, 9.17) is 0 Å². The average Bonchev–Trinajstić information content (AvgIpc) is 2.41. The minimum atomic E-state index is -0.836. The Balaban J connectivity index is 0.00000200. The van der Waals surface area contributed by atoms with E-state index >= 15 is 0 Å². The Morgan fingerprint density at radius 3 is 2.45 bits per heavy atom. The molecule has 1 aliphatic rings. The molecule has 1 heterocycles. The second-order valence-electron chi connectivity index (χ2n) is 4.71. The second kappa shape index (κ2) is 7.15. The van der Waals surface area contributed by atoms with Crippen LogP contribution in [0.3, 0.4) is 0 Å². The van der Waals surface area contributed by atoms with E-state index in [1.807, 2.05) is 31.2 Å². The molecule has 0 radical (unpaired) electrons. The fourth-order valence-electron chi connectivity index (χ4n) is 2.46. The van der Waals surface area contributed by atoms with Gasteiger partial charge in [-0.05, 0) is 31.1 Å². The number of nitrogens with zero attached hydrogens (tertiary/aromatic N) is 1. The van der Waals surface area contributed by atoms with Gasteiger partial charge >= 0.3 is 5.97 Å². The lowest BCUT2D eigenvalue weighted by Gasteiger charge is -2.36. The maximum atomic E-state index is 11.2. The van der Waals surface area contributed by atoms with Gasteiger partial charge in [-0.2, -0.15) is 0 Å². The van der Waals surface area contributed by atoms with Crippen LogP contribution in [0.15, 0.2) is 48.1 Å². The lowest BCUT2D eigenvalue weighted by molar-refractivity contribution is -0.133. The molecule has 0 spiro atoms. The molecule has 2 rings (SSSR count). The zero-order valence-electron chi connectivity index (χ0n) is 11.7. The van der Waals surface area contributed by atoms with Gasteiger partial charge in [-0.25, -0.2) is 4.79 Å². The molecule has 1 aliphatic heterocycles. The van der Waals surface area contributed by atoms with Crippen LogP contribution in [0.5, 0.6) is 0 Å². The predicted octanol–water partition coefficient (Wildman–Crippen LogP) is 3.57. The maximum absolute atomic E-state index is 11.2. The van der Waals surface area contributed by atoms with E-state index in [1.54, 1.807) is 6.08 Å². The van der Waals surface area contributed by atoms with E-state index in [2.05, 4.69) is 24.0 Å². The highest BCUT2D eigenvalue weighted by molar-refractivity contribution is 5.90. The third-order valence-electron chi connectivity index (χ3n) is 3.43. The van der Waals surface area contributed by atoms with E-state index in [9.17, 15) is 9.90 Å². The Kier molecular flexibility index (Phi) is 5.83. The number of hydrogen-bond donors (Lipinski definition) is 1. The Morgan fingerprint density at radius 1 is 1.25 bits per heavy atom. The van der Waals surface area contributed by atoms with Gasteiger partial charge in [0.05, 0.1) is 11.6 Å². The standard InChI is InChI=1S/C16H19NO2.ClH/c1-3-11-17-12(2)14(16(18)19)9-10-15(17)13-7-5-4-6-8-13;/h4-10,12H,3,11H2,1-2H3,(H,18,19);1H. The highest BCUT2D eigenvalue weighted by Gasteiger charge is 2.27. The molecule has 108 valence electrons. The van der Waals surface area contributed by atoms with Crippen LogP contribution in [0.4, 0.5) is 0 Å². The van der Waals surface area contributed by atoms with Crippen LogP contribution >= 0.6 is 12.4 Å². The fraction of sp³-hybridized carbons (Fsp3) is 0.312. The van der Waals surface area contributed by atoms with Crippen LogP contribution in [0.1, 0.15) is 25.8 Å². The first kappa shape index (κ1) is 16.3. The van der Waals surface area contributed by atoms with Crippen molar-refractivity contribution in [2.45, 2.75) is 26.3 Å². The van der Waals surface area contributed by atoms with Crippen molar-refractivity contribution in [1.82, 2.24) is 4.90 Å². The van der Waals surface area contributed by atoms with Gasteiger partial charge in [-0.15, -0.1) is 12.4 Å². The Labute approximate surface area is 126 Å². The maximum Gasteiger partial charge on any atom is 0.333 e. The number of carboxylic acid groups (broad SMARTS) is 1. The van der Waals surface area contributed by atoms with Crippen LogP contribution in [-0.2, 0) is 4.79 Å². The summed E-state index contributed by atoms with van der Waals surface area (Å²) in [5.41, 5.74) is 2.68. The van der Waals surface area contributed by atoms with Gasteiger partial charge in [-0.3, -0.25) is 0 Å². The lowest BCUT2D eigenvalue weighted by Crippen LogP contribution is -2.37. The number of hydrogen-bond acceptors (Lipinski definition) is 2. The molecule has 4 heteroatoms. The van der Waals surface area contributed by atoms with Crippen LogP contribution in [-0.4, -0.2) is 28.6 Å². The monoisotopic (exact) mass is 293 g/mol. The summed E-state index contributed by atoms with van der Waals surface area (Å²) >= 11 is 0. The predicted molar refractivity (Wildman–Crippen MR) is 83.8 cm³/mol. The molecule has 1 unspecified atom stereocenters. The molecule has 20 heavy (non-hydrogen) atoms. The van der Waals surface area contributed by atoms with Crippen LogP contribution in [0, 0.1) is 0 Å². The molecule has 0 aromatic heterocycles. The first-order valence-corrected chi connectivity index (χ1v) is 6.62. The SMILES string of the molecule is CCCN1C(c2ccccc2)=CC=C(C(=O)O)C1C.Cl. The topological polar surface area (TPSA) is 40.5 Å². The Hall–Kier alpha value is -1.74. The Morgan fingerprint density at radius 2 is 1.90 bits per heavy atom. The van der Waals surface area contributed by atoms with E-state index in [0.717, 1.165) is 24.2 Å². The van der Waals surface area contributed by atoms with E-state index < -0.39 is 5.97 Å². The van der Waals surface area contributed by atoms with Crippen LogP contribution < -0.4 is 0 Å². The van der Waals surface area contributed by atoms with Gasteiger partial charge in [0, 0.05) is 12.2 Å². The van der Waals surface area contributed by atoms with Gasteiger partial charge in [0.25, 0.3) is 0 Å². The summed E-state index contributed by atoms with van der Waals surface area (Å²) in [6, 6.07) is 10.0. The van der Waals surface area contributed by atoms with Gasteiger partial charge in [0.2, 0.25) is 0 Å². The first-order chi connectivity index (χ1) is 9.15. The summed E-state index contributed by atoms with van der Waals surface area (Å²) in [5, 5.41) is 9.23. The van der Waals surface area contributed by atoms with Gasteiger partial charge in [-0.1, -0.05) is 37.3 Å². The molecule has 1 aromatic rings. The molecule has 0 aliphatic carbocycles. The van der Waals surface area contributed by atoms with E-state index in [1.165, 1.54) is 0 Å². The van der Waals surface area contributed by atoms with E-state index in [-0.39, 0.29) is 18.4 Å². The van der Waals surface area contributed by atoms with Crippen molar-refractivity contribution in [3.8, 4) is 0 Å². The summed E-state index contributed by atoms with van der Waals surface area (Å²) in [6.07, 6.45) is 4.62. The van der Waals surface area contributed by atoms with Crippen molar-refractivity contribution in [3.63, 3.8) is 0 Å². The number of benzene rings is 1. The molecule has 0 saturated heterocycles. The molecular weight excluding hydrogens is 274 g/mol. The number of halogens is 1. The minimum absolute atomic E-state index is 0. The third-order valence-corrected chi connectivity index (χ3v) is 3.43. The van der Waals surface area contributed by atoms with Crippen LogP contribution in [0.25, 0.3) is 5.70 Å². The number of aliphatic carboxylic acids is 1. The molecular formula is C16H20ClNO2. The lowest BCUT2D eigenvalue weighted by atomic mass is 9.98. The van der Waals surface area contributed by atoms with Crippen molar-refractivity contribution in [2.24, 2.45) is 0 Å². The van der Waals surface area contributed by atoms with Crippen molar-refractivity contribution in [1.29, 1.82) is 0 Å². The second-order valence-corrected chi connectivity index (χ2v) is 4.71. The van der Waals surface area contributed by atoms with Crippen molar-refractivity contribution in [3.05, 3.63) is 53.6 Å². The quantitative estimate of drug-likeness (QED) is 0.922. The minimum Gasteiger partial charge on any atom is -0.478 e. The summed E-state index contributed by atoms with van der Waals surface area (Å²) in [5.74, 6) is -0.836. The first-order valence-electron chi connectivity index (χ1n) is 6.62. The van der Waals surface area contributed by atoms with Gasteiger partial charge in [0.1, 0.15) is 0 Å². The number of carboxylic acids is 1. The molecule has 0 fully saturated rings. The smallest absolute Gasteiger partial charge is 0.333 e. The molecule has 1 aromatic carbocycles. The molecule has 1 atom stereocenters. The fourth-order valence-corrected chi connectivity index (χ4v) is 2.46. The van der Waals surface area contributed by atoms with Crippen molar-refractivity contribution in [2.75, 3.05) is 6.54 Å². The van der Waals surface area contributed by atoms with Gasteiger partial charge < -0.3 is 10.0 Å². The van der Waals surface area contributed by atoms with Crippen molar-refractivity contribution >= 4 is 24.1 Å². The van der Waals surface area contributed by atoms with E-state index in [0.29, 0.717) is 5.57 Å². The average molecular weight is 294 g/mol. The largest absolute Gasteiger partial charge is 0.478 e. The third kappa shape index (κ3) is 3.23. The molecule has 1 N–H and O–H groups in total. The molecule has 0 amide bonds. The summed E-state index contributed by atoms with van der Waals surface area (Å²) in [6.45, 7) is 4.91. The number of allylic oxidation sites excluding steroid dienone is 2. The number of carbonyl (C=O) groups is 1. The highest BCUT2D eigenvalue weighted by atomic mass is 35.5. The molecule has 0 saturated carbocycles. The zero-order chi connectivity index (χ0) is 13.8. The van der Waals surface area contributed by atoms with Gasteiger partial charge in [0.15, 0.2) is 0 Å². The zero-order valence-corrected chi connectivity index (χ0v) is 12.6. The summed E-state index contributed by atoms with van der Waals surface area (Å²) in [4.78, 5) is 13.4. The molecule has 3 nitrogen and oxygen atoms in total. The normalized spacial score (nSPS) is 17.9. The summed E-state index contributed by atoms with van der Waals surface area (Å²) < 4.78 is 0. The Bertz CT molecular complexity index is 523. The van der Waals surface area contributed by atoms with Crippen molar-refractivity contribution < 1.29 is 9.90 Å². The van der Waals surface area contributed by atoms with Crippen LogP contribution in [0.2, 0.25) is 0 Å². The summed E-state index contributed by atoms with van der Waals surface area (Å²) in [7, 11) is 0. The highest BCUT2D eigenvalue weighted by Crippen LogP contribution is 2.29. The molecule has 0 bridgehead atoms. The number of rotatable bonds is 4.